The summed E-state index contributed by atoms with van der Waals surface area (Å²) in [5.74, 6) is -2.23. The molecule has 7 nitrogen and oxygen atoms in total. The average molecular weight is 356 g/mol. The fourth-order valence-electron chi connectivity index (χ4n) is 1.54. The number of carboxylic acids is 1. The molecule has 0 aliphatic carbocycles. The molecule has 0 aliphatic heterocycles. The van der Waals surface area contributed by atoms with Gasteiger partial charge in [0.1, 0.15) is 5.82 Å². The molecular weight excluding hydrogens is 349 g/mol. The van der Waals surface area contributed by atoms with Crippen molar-refractivity contribution in [3.05, 3.63) is 56.4 Å². The molecule has 0 fully saturated rings. The molecule has 0 saturated carbocycles. The van der Waals surface area contributed by atoms with Crippen LogP contribution in [0.15, 0.2) is 34.9 Å². The maximum atomic E-state index is 13.7. The molecule has 108 valence electrons. The Morgan fingerprint density at radius 3 is 2.76 bits per heavy atom. The molecule has 0 atom stereocenters. The Balaban J connectivity index is 2.49. The van der Waals surface area contributed by atoms with Gasteiger partial charge >= 0.3 is 11.7 Å². The highest BCUT2D eigenvalue weighted by atomic mass is 79.9. The molecule has 1 heterocycles. The highest BCUT2D eigenvalue weighted by Crippen LogP contribution is 2.31. The second-order valence-corrected chi connectivity index (χ2v) is 4.73. The molecule has 0 aliphatic rings. The second-order valence-electron chi connectivity index (χ2n) is 3.88. The quantitative estimate of drug-likeness (QED) is 0.643. The Morgan fingerprint density at radius 1 is 1.48 bits per heavy atom. The number of benzene rings is 1. The number of nitro groups is 1. The summed E-state index contributed by atoms with van der Waals surface area (Å²) < 4.78 is 14.0. The number of halogens is 2. The van der Waals surface area contributed by atoms with Gasteiger partial charge in [-0.1, -0.05) is 6.07 Å². The van der Waals surface area contributed by atoms with Gasteiger partial charge in [0.25, 0.3) is 0 Å². The number of pyridine rings is 1. The smallest absolute Gasteiger partial charge is 0.337 e. The van der Waals surface area contributed by atoms with Crippen molar-refractivity contribution in [3.8, 4) is 0 Å². The number of rotatable bonds is 4. The summed E-state index contributed by atoms with van der Waals surface area (Å²) in [6.07, 6.45) is 0.951. The van der Waals surface area contributed by atoms with Gasteiger partial charge < -0.3 is 10.4 Å². The van der Waals surface area contributed by atoms with Crippen molar-refractivity contribution in [3.63, 3.8) is 0 Å². The van der Waals surface area contributed by atoms with Crippen LogP contribution in [0.1, 0.15) is 10.4 Å². The monoisotopic (exact) mass is 355 g/mol. The Labute approximate surface area is 125 Å². The van der Waals surface area contributed by atoms with E-state index < -0.39 is 22.4 Å². The van der Waals surface area contributed by atoms with E-state index >= 15 is 0 Å². The molecule has 0 amide bonds. The molecule has 2 aromatic rings. The lowest BCUT2D eigenvalue weighted by molar-refractivity contribution is -0.384. The van der Waals surface area contributed by atoms with E-state index in [-0.39, 0.29) is 17.1 Å². The van der Waals surface area contributed by atoms with Crippen molar-refractivity contribution in [2.24, 2.45) is 0 Å². The second kappa shape index (κ2) is 5.83. The predicted octanol–water partition coefficient (Wildman–Crippen LogP) is 3.33. The normalized spacial score (nSPS) is 10.2. The van der Waals surface area contributed by atoms with Crippen molar-refractivity contribution in [2.45, 2.75) is 0 Å². The van der Waals surface area contributed by atoms with Gasteiger partial charge in [-0.05, 0) is 28.1 Å². The lowest BCUT2D eigenvalue weighted by Gasteiger charge is -2.09. The SMILES string of the molecule is O=C(O)c1cnc(Nc2c(F)cccc2Br)c([N+](=O)[O-])c1. The highest BCUT2D eigenvalue weighted by molar-refractivity contribution is 9.10. The van der Waals surface area contributed by atoms with Gasteiger partial charge in [0, 0.05) is 16.7 Å². The molecule has 2 rings (SSSR count). The number of nitrogens with zero attached hydrogens (tertiary/aromatic N) is 2. The molecule has 0 saturated heterocycles. The van der Waals surface area contributed by atoms with Crippen molar-refractivity contribution in [2.75, 3.05) is 5.32 Å². The molecule has 21 heavy (non-hydrogen) atoms. The number of hydrogen-bond donors (Lipinski definition) is 2. The van der Waals surface area contributed by atoms with Crippen LogP contribution in [0.25, 0.3) is 0 Å². The topological polar surface area (TPSA) is 105 Å². The third kappa shape index (κ3) is 3.14. The van der Waals surface area contributed by atoms with Crippen molar-refractivity contribution in [1.29, 1.82) is 0 Å². The zero-order chi connectivity index (χ0) is 15.6. The fraction of sp³-hybridized carbons (Fsp3) is 0. The van der Waals surface area contributed by atoms with Gasteiger partial charge in [-0.25, -0.2) is 14.2 Å². The first-order valence-electron chi connectivity index (χ1n) is 5.49. The molecule has 2 N–H and O–H groups in total. The molecule has 0 bridgehead atoms. The van der Waals surface area contributed by atoms with Crippen molar-refractivity contribution >= 4 is 39.1 Å². The lowest BCUT2D eigenvalue weighted by atomic mass is 10.2. The molecule has 0 radical (unpaired) electrons. The van der Waals surface area contributed by atoms with Crippen molar-refractivity contribution < 1.29 is 19.2 Å². The van der Waals surface area contributed by atoms with Crippen LogP contribution < -0.4 is 5.32 Å². The van der Waals surface area contributed by atoms with Gasteiger partial charge in [0.2, 0.25) is 5.82 Å². The summed E-state index contributed by atoms with van der Waals surface area (Å²) in [5, 5.41) is 22.3. The Hall–Kier alpha value is -2.55. The maximum absolute atomic E-state index is 13.7. The van der Waals surface area contributed by atoms with Gasteiger partial charge in [0.05, 0.1) is 16.2 Å². The summed E-state index contributed by atoms with van der Waals surface area (Å²) in [6.45, 7) is 0. The number of carboxylic acid groups (broad SMARTS) is 1. The number of para-hydroxylation sites is 1. The third-order valence-electron chi connectivity index (χ3n) is 2.52. The third-order valence-corrected chi connectivity index (χ3v) is 3.18. The predicted molar refractivity (Wildman–Crippen MR) is 75.2 cm³/mol. The standard InChI is InChI=1S/C12H7BrFN3O4/c13-7-2-1-3-8(14)10(7)16-11-9(17(20)21)4-6(5-15-11)12(18)19/h1-5H,(H,15,16)(H,18,19). The molecule has 9 heteroatoms. The van der Waals surface area contributed by atoms with Gasteiger partial charge in [-0.3, -0.25) is 10.1 Å². The van der Waals surface area contributed by atoms with Crippen LogP contribution in [0.5, 0.6) is 0 Å². The summed E-state index contributed by atoms with van der Waals surface area (Å²) >= 11 is 3.11. The lowest BCUT2D eigenvalue weighted by Crippen LogP contribution is -2.05. The summed E-state index contributed by atoms with van der Waals surface area (Å²) in [6, 6.07) is 5.03. The molecule has 0 unspecified atom stereocenters. The van der Waals surface area contributed by atoms with E-state index in [2.05, 4.69) is 26.2 Å². The van der Waals surface area contributed by atoms with Crippen LogP contribution >= 0.6 is 15.9 Å². The fourth-order valence-corrected chi connectivity index (χ4v) is 1.98. The van der Waals surface area contributed by atoms with Gasteiger partial charge in [-0.2, -0.15) is 0 Å². The zero-order valence-corrected chi connectivity index (χ0v) is 11.8. The summed E-state index contributed by atoms with van der Waals surface area (Å²) in [7, 11) is 0. The first kappa shape index (κ1) is 14.9. The van der Waals surface area contributed by atoms with E-state index in [1.54, 1.807) is 6.07 Å². The van der Waals surface area contributed by atoms with Crippen LogP contribution in [0.3, 0.4) is 0 Å². The van der Waals surface area contributed by atoms with Crippen LogP contribution in [-0.4, -0.2) is 21.0 Å². The first-order chi connectivity index (χ1) is 9.90. The summed E-state index contributed by atoms with van der Waals surface area (Å²) in [5.41, 5.74) is -0.930. The molecule has 1 aromatic heterocycles. The van der Waals surface area contributed by atoms with Gasteiger partial charge in [-0.15, -0.1) is 0 Å². The minimum atomic E-state index is -1.34. The number of aromatic nitrogens is 1. The minimum absolute atomic E-state index is 0.0313. The zero-order valence-electron chi connectivity index (χ0n) is 10.2. The molecule has 1 aromatic carbocycles. The van der Waals surface area contributed by atoms with Crippen LogP contribution in [0.2, 0.25) is 0 Å². The summed E-state index contributed by atoms with van der Waals surface area (Å²) in [4.78, 5) is 24.7. The maximum Gasteiger partial charge on any atom is 0.337 e. The van der Waals surface area contributed by atoms with E-state index in [0.29, 0.717) is 4.47 Å². The van der Waals surface area contributed by atoms with E-state index in [1.807, 2.05) is 0 Å². The Morgan fingerprint density at radius 2 is 2.19 bits per heavy atom. The number of carbonyl (C=O) groups is 1. The average Bonchev–Trinajstić information content (AvgIpc) is 2.42. The number of anilines is 2. The van der Waals surface area contributed by atoms with E-state index in [9.17, 15) is 19.3 Å². The Bertz CT molecular complexity index is 718. The minimum Gasteiger partial charge on any atom is -0.478 e. The van der Waals surface area contributed by atoms with E-state index in [4.69, 9.17) is 5.11 Å². The molecule has 0 spiro atoms. The molecular formula is C12H7BrFN3O4. The number of aromatic carboxylic acids is 1. The van der Waals surface area contributed by atoms with Gasteiger partial charge in [0.15, 0.2) is 0 Å². The first-order valence-corrected chi connectivity index (χ1v) is 6.28. The highest BCUT2D eigenvalue weighted by Gasteiger charge is 2.20. The largest absolute Gasteiger partial charge is 0.478 e. The van der Waals surface area contributed by atoms with Crippen molar-refractivity contribution in [1.82, 2.24) is 4.98 Å². The van der Waals surface area contributed by atoms with Crippen LogP contribution in [0.4, 0.5) is 21.6 Å². The Kier molecular flexibility index (Phi) is 4.13. The number of hydrogen-bond acceptors (Lipinski definition) is 5. The van der Waals surface area contributed by atoms with Crippen LogP contribution in [0, 0.1) is 15.9 Å². The number of nitrogens with one attached hydrogen (secondary N) is 1. The van der Waals surface area contributed by atoms with Crippen LogP contribution in [-0.2, 0) is 0 Å². The van der Waals surface area contributed by atoms with E-state index in [1.165, 1.54) is 12.1 Å². The van der Waals surface area contributed by atoms with E-state index in [0.717, 1.165) is 12.3 Å².